The van der Waals surface area contributed by atoms with Gasteiger partial charge in [-0.05, 0) is 18.2 Å². The Balaban J connectivity index is 1.88. The van der Waals surface area contributed by atoms with Gasteiger partial charge in [0.25, 0.3) is 11.6 Å². The highest BCUT2D eigenvalue weighted by Gasteiger charge is 2.46. The zero-order chi connectivity index (χ0) is 21.6. The number of aliphatic hydroxyl groups excluding tert-OH is 1. The van der Waals surface area contributed by atoms with Gasteiger partial charge < -0.3 is 5.11 Å². The highest BCUT2D eigenvalue weighted by atomic mass is 32.1. The molecule has 1 N–H and O–H groups in total. The fourth-order valence-electron chi connectivity index (χ4n) is 3.30. The van der Waals surface area contributed by atoms with Gasteiger partial charge in [0.1, 0.15) is 6.04 Å². The maximum absolute atomic E-state index is 13.0. The van der Waals surface area contributed by atoms with Crippen molar-refractivity contribution in [3.8, 4) is 0 Å². The SMILES string of the molecule is CC(C)C(=O)C1=C(O)C(=O)N(c2nc3ccc([N+](=O)[O-])cc3s2)C1c1ccccn1. The summed E-state index contributed by atoms with van der Waals surface area (Å²) in [5, 5.41) is 21.8. The average molecular weight is 424 g/mol. The summed E-state index contributed by atoms with van der Waals surface area (Å²) in [7, 11) is 0. The molecule has 0 aliphatic carbocycles. The molecule has 1 aliphatic rings. The molecule has 0 radical (unpaired) electrons. The molecule has 3 aromatic rings. The van der Waals surface area contributed by atoms with Crippen LogP contribution < -0.4 is 4.90 Å². The minimum Gasteiger partial charge on any atom is -0.503 e. The number of amides is 1. The topological polar surface area (TPSA) is 127 Å². The number of fused-ring (bicyclic) bond motifs is 1. The first kappa shape index (κ1) is 19.6. The summed E-state index contributed by atoms with van der Waals surface area (Å²) < 4.78 is 0.509. The number of nitro benzene ring substituents is 1. The number of carbonyl (C=O) groups is 2. The lowest BCUT2D eigenvalue weighted by atomic mass is 9.94. The lowest BCUT2D eigenvalue weighted by molar-refractivity contribution is -0.384. The summed E-state index contributed by atoms with van der Waals surface area (Å²) in [5.41, 5.74) is 0.753. The molecule has 3 heterocycles. The first-order chi connectivity index (χ1) is 14.3. The van der Waals surface area contributed by atoms with Gasteiger partial charge in [-0.15, -0.1) is 0 Å². The Bertz CT molecular complexity index is 1220. The van der Waals surface area contributed by atoms with Crippen LogP contribution in [0.1, 0.15) is 25.6 Å². The Morgan fingerprint density at radius 3 is 2.70 bits per heavy atom. The van der Waals surface area contributed by atoms with Gasteiger partial charge in [-0.3, -0.25) is 29.6 Å². The van der Waals surface area contributed by atoms with E-state index in [9.17, 15) is 24.8 Å². The number of rotatable bonds is 5. The number of hydrogen-bond donors (Lipinski definition) is 1. The van der Waals surface area contributed by atoms with Gasteiger partial charge in [-0.1, -0.05) is 31.3 Å². The van der Waals surface area contributed by atoms with E-state index in [0.29, 0.717) is 15.9 Å². The minimum atomic E-state index is -0.941. The van der Waals surface area contributed by atoms with Gasteiger partial charge in [0, 0.05) is 24.2 Å². The summed E-state index contributed by atoms with van der Waals surface area (Å²) >= 11 is 1.07. The molecule has 0 spiro atoms. The molecule has 1 unspecified atom stereocenters. The van der Waals surface area contributed by atoms with Crippen LogP contribution in [0.15, 0.2) is 53.9 Å². The van der Waals surface area contributed by atoms with Crippen LogP contribution >= 0.6 is 11.3 Å². The second kappa shape index (κ2) is 7.30. The first-order valence-electron chi connectivity index (χ1n) is 9.06. The number of aromatic nitrogens is 2. The van der Waals surface area contributed by atoms with E-state index in [4.69, 9.17) is 0 Å². The Morgan fingerprint density at radius 2 is 2.07 bits per heavy atom. The minimum absolute atomic E-state index is 0.0288. The van der Waals surface area contributed by atoms with Gasteiger partial charge in [0.15, 0.2) is 16.7 Å². The van der Waals surface area contributed by atoms with Crippen molar-refractivity contribution in [3.05, 3.63) is 69.7 Å². The molecule has 1 aliphatic heterocycles. The van der Waals surface area contributed by atoms with E-state index < -0.39 is 28.5 Å². The van der Waals surface area contributed by atoms with Crippen molar-refractivity contribution in [1.82, 2.24) is 9.97 Å². The van der Waals surface area contributed by atoms with Crippen LogP contribution in [0, 0.1) is 16.0 Å². The normalized spacial score (nSPS) is 16.7. The highest BCUT2D eigenvalue weighted by Crippen LogP contribution is 2.43. The van der Waals surface area contributed by atoms with Crippen LogP contribution in [0.4, 0.5) is 10.8 Å². The zero-order valence-electron chi connectivity index (χ0n) is 16.0. The van der Waals surface area contributed by atoms with Gasteiger partial charge in [0.2, 0.25) is 0 Å². The van der Waals surface area contributed by atoms with E-state index in [1.165, 1.54) is 29.3 Å². The Kier molecular flexibility index (Phi) is 4.78. The summed E-state index contributed by atoms with van der Waals surface area (Å²) in [4.78, 5) is 46.3. The third-order valence-electron chi connectivity index (χ3n) is 4.74. The number of nitro groups is 1. The van der Waals surface area contributed by atoms with Gasteiger partial charge in [0.05, 0.1) is 26.4 Å². The van der Waals surface area contributed by atoms with E-state index in [1.54, 1.807) is 32.0 Å². The highest BCUT2D eigenvalue weighted by molar-refractivity contribution is 7.22. The van der Waals surface area contributed by atoms with Crippen LogP contribution in [0.25, 0.3) is 10.2 Å². The summed E-state index contributed by atoms with van der Waals surface area (Å²) in [6.07, 6.45) is 1.53. The van der Waals surface area contributed by atoms with Crippen LogP contribution in [0.2, 0.25) is 0 Å². The van der Waals surface area contributed by atoms with Crippen LogP contribution in [0.3, 0.4) is 0 Å². The van der Waals surface area contributed by atoms with E-state index in [1.807, 2.05) is 0 Å². The number of anilines is 1. The van der Waals surface area contributed by atoms with E-state index >= 15 is 0 Å². The maximum atomic E-state index is 13.0. The van der Waals surface area contributed by atoms with E-state index in [0.717, 1.165) is 11.3 Å². The molecule has 10 heteroatoms. The predicted molar refractivity (Wildman–Crippen MR) is 110 cm³/mol. The van der Waals surface area contributed by atoms with Crippen LogP contribution in [0.5, 0.6) is 0 Å². The van der Waals surface area contributed by atoms with E-state index in [-0.39, 0.29) is 22.2 Å². The number of ketones is 1. The summed E-state index contributed by atoms with van der Waals surface area (Å²) in [5.74, 6) is -2.20. The van der Waals surface area contributed by atoms with Crippen LogP contribution in [-0.4, -0.2) is 31.7 Å². The summed E-state index contributed by atoms with van der Waals surface area (Å²) in [6.45, 7) is 3.37. The molecule has 0 bridgehead atoms. The first-order valence-corrected chi connectivity index (χ1v) is 9.88. The molecule has 9 nitrogen and oxygen atoms in total. The molecular formula is C20H16N4O5S. The smallest absolute Gasteiger partial charge is 0.296 e. The maximum Gasteiger partial charge on any atom is 0.296 e. The number of non-ortho nitro benzene ring substituents is 1. The Labute approximate surface area is 174 Å². The Hall–Kier alpha value is -3.66. The van der Waals surface area contributed by atoms with E-state index in [2.05, 4.69) is 9.97 Å². The number of nitrogens with zero attached hydrogens (tertiary/aromatic N) is 4. The number of Topliss-reactive ketones (excluding diaryl/α,β-unsaturated/α-hetero) is 1. The standard InChI is InChI=1S/C20H16N4O5S/c1-10(2)17(25)15-16(13-5-3-4-8-21-13)23(19(27)18(15)26)20-22-12-7-6-11(24(28)29)9-14(12)30-20/h3-10,16,26H,1-2H3. The van der Waals surface area contributed by atoms with Gasteiger partial charge >= 0.3 is 0 Å². The van der Waals surface area contributed by atoms with Crippen LogP contribution in [-0.2, 0) is 9.59 Å². The molecule has 0 saturated heterocycles. The predicted octanol–water partition coefficient (Wildman–Crippen LogP) is 3.72. The number of hydrogen-bond acceptors (Lipinski definition) is 8. The molecule has 30 heavy (non-hydrogen) atoms. The molecule has 0 fully saturated rings. The van der Waals surface area contributed by atoms with Crippen molar-refractivity contribution in [1.29, 1.82) is 0 Å². The number of carbonyl (C=O) groups excluding carboxylic acids is 2. The van der Waals surface area contributed by atoms with Crippen molar-refractivity contribution in [2.75, 3.05) is 4.90 Å². The molecule has 152 valence electrons. The quantitative estimate of drug-likeness (QED) is 0.488. The third kappa shape index (κ3) is 3.11. The van der Waals surface area contributed by atoms with Crippen molar-refractivity contribution in [2.45, 2.75) is 19.9 Å². The fourth-order valence-corrected chi connectivity index (χ4v) is 4.33. The number of pyridine rings is 1. The van der Waals surface area contributed by atoms with Gasteiger partial charge in [-0.2, -0.15) is 0 Å². The fraction of sp³-hybridized carbons (Fsp3) is 0.200. The van der Waals surface area contributed by atoms with Gasteiger partial charge in [-0.25, -0.2) is 4.98 Å². The third-order valence-corrected chi connectivity index (χ3v) is 5.76. The lowest BCUT2D eigenvalue weighted by Gasteiger charge is -2.24. The lowest BCUT2D eigenvalue weighted by Crippen LogP contribution is -2.31. The Morgan fingerprint density at radius 1 is 1.30 bits per heavy atom. The molecule has 4 rings (SSSR count). The molecule has 1 atom stereocenters. The average Bonchev–Trinajstić information content (AvgIpc) is 3.26. The second-order valence-corrected chi connectivity index (χ2v) is 8.03. The van der Waals surface area contributed by atoms with Crippen molar-refractivity contribution < 1.29 is 19.6 Å². The number of aliphatic hydroxyl groups is 1. The molecule has 1 amide bonds. The zero-order valence-corrected chi connectivity index (χ0v) is 16.8. The monoisotopic (exact) mass is 424 g/mol. The van der Waals surface area contributed by atoms with Crippen molar-refractivity contribution in [2.24, 2.45) is 5.92 Å². The largest absolute Gasteiger partial charge is 0.503 e. The second-order valence-electron chi connectivity index (χ2n) is 7.02. The number of thiazole rings is 1. The number of benzene rings is 1. The molecule has 2 aromatic heterocycles. The molecule has 1 aromatic carbocycles. The van der Waals surface area contributed by atoms with Crippen molar-refractivity contribution >= 4 is 44.1 Å². The molecule has 0 saturated carbocycles. The molecular weight excluding hydrogens is 408 g/mol. The summed E-state index contributed by atoms with van der Waals surface area (Å²) in [6, 6.07) is 8.35. The van der Waals surface area contributed by atoms with Crippen molar-refractivity contribution in [3.63, 3.8) is 0 Å².